The Kier molecular flexibility index (Phi) is 15.6. The molecule has 0 N–H and O–H groups in total. The minimum atomic E-state index is -8.95. The second-order valence-corrected chi connectivity index (χ2v) is 17.0. The fraction of sp³-hybridized carbons (Fsp3) is 1.00. The molecular formula is C24H12F40Si. The van der Waals surface area contributed by atoms with Crippen LogP contribution in [0.1, 0.15) is 19.3 Å². The van der Waals surface area contributed by atoms with Gasteiger partial charge in [-0.2, -0.15) is 171 Å². The lowest BCUT2D eigenvalue weighted by molar-refractivity contribution is -0.440. The molecule has 392 valence electrons. The maximum Gasteiger partial charge on any atom is 0.460 e. The van der Waals surface area contributed by atoms with Gasteiger partial charge in [0, 0.05) is 19.3 Å². The van der Waals surface area contributed by atoms with E-state index in [0.717, 1.165) is 0 Å². The highest BCUT2D eigenvalue weighted by Gasteiger charge is 2.93. The molecule has 0 aliphatic rings. The van der Waals surface area contributed by atoms with Crippen LogP contribution in [0, 0.1) is 0 Å². The van der Waals surface area contributed by atoms with E-state index in [1.807, 2.05) is 0 Å². The number of alkyl halides is 39. The summed E-state index contributed by atoms with van der Waals surface area (Å²) in [5, 5.41) is 0. The van der Waals surface area contributed by atoms with Crippen LogP contribution in [-0.4, -0.2) is 116 Å². The maximum absolute atomic E-state index is 15.8. The summed E-state index contributed by atoms with van der Waals surface area (Å²) in [6, 6.07) is -11.6. The maximum atomic E-state index is 15.8. The standard InChI is InChI=1S/C24H12F40Si/c25-7(26,10(31,32)13(37,38)16(43,44)19(49,50)22(55,56)57)1-4-65(64,5-2-8(27,28)11(33,34)14(39,40)17(45,46)20(51,52)23(58,59)60)6-3-9(29,30)12(35,36)15(41,42)18(47,48)21(53,54)24(61,62)63/h1-6H2. The van der Waals surface area contributed by atoms with Gasteiger partial charge in [0.15, 0.2) is 0 Å². The fourth-order valence-corrected chi connectivity index (χ4v) is 7.43. The molecule has 0 rings (SSSR count). The van der Waals surface area contributed by atoms with Crippen molar-refractivity contribution < 1.29 is 175 Å². The molecule has 0 nitrogen and oxygen atoms in total. The second kappa shape index (κ2) is 16.3. The summed E-state index contributed by atoms with van der Waals surface area (Å²) in [7, 11) is -8.05. The number of hydrogen-bond donors (Lipinski definition) is 0. The van der Waals surface area contributed by atoms with Crippen molar-refractivity contribution in [1.82, 2.24) is 0 Å². The van der Waals surface area contributed by atoms with Gasteiger partial charge in [-0.25, -0.2) is 0 Å². The zero-order valence-electron chi connectivity index (χ0n) is 28.9. The Hall–Kier alpha value is -2.58. The topological polar surface area (TPSA) is 0 Å². The molecule has 0 aromatic rings. The molecule has 0 unspecified atom stereocenters. The quantitative estimate of drug-likeness (QED) is 0.0610. The average molecular weight is 1090 g/mol. The van der Waals surface area contributed by atoms with Crippen molar-refractivity contribution in [3.8, 4) is 0 Å². The van der Waals surface area contributed by atoms with Crippen LogP contribution < -0.4 is 0 Å². The number of halogens is 40. The van der Waals surface area contributed by atoms with Gasteiger partial charge in [-0.15, -0.1) is 0 Å². The molecule has 0 bridgehead atoms. The van der Waals surface area contributed by atoms with E-state index in [-0.39, 0.29) is 0 Å². The van der Waals surface area contributed by atoms with Crippen LogP contribution in [-0.2, 0) is 0 Å². The molecule has 41 heteroatoms. The largest absolute Gasteiger partial charge is 0.460 e. The number of rotatable bonds is 21. The first-order valence-electron chi connectivity index (χ1n) is 14.9. The Labute approximate surface area is 329 Å². The van der Waals surface area contributed by atoms with Gasteiger partial charge >= 0.3 is 107 Å². The molecule has 0 heterocycles. The van der Waals surface area contributed by atoms with E-state index in [0.29, 0.717) is 0 Å². The Bertz CT molecular complexity index is 1450. The summed E-state index contributed by atoms with van der Waals surface area (Å²) >= 11 is 0. The van der Waals surface area contributed by atoms with E-state index in [9.17, 15) is 171 Å². The lowest BCUT2D eigenvalue weighted by atomic mass is 9.93. The third-order valence-electron chi connectivity index (χ3n) is 8.66. The SMILES string of the molecule is FC(F)(F)C(F)(F)C(F)(F)C(F)(F)C(F)(F)C(F)(F)CC[Si](F)(CCC(F)(F)C(F)(F)C(F)(F)C(F)(F)C(F)(F)C(F)(F)F)CCC(F)(F)C(F)(F)C(F)(F)C(F)(F)C(F)(F)C(F)(F)F. The zero-order valence-corrected chi connectivity index (χ0v) is 29.9. The van der Waals surface area contributed by atoms with Gasteiger partial charge in [-0.05, 0) is 18.1 Å². The third-order valence-corrected chi connectivity index (χ3v) is 12.1. The summed E-state index contributed by atoms with van der Waals surface area (Å²) in [4.78, 5) is 0. The van der Waals surface area contributed by atoms with Gasteiger partial charge in [0.25, 0.3) is 0 Å². The van der Waals surface area contributed by atoms with Gasteiger partial charge in [0.05, 0.1) is 0 Å². The summed E-state index contributed by atoms with van der Waals surface area (Å²) in [5.41, 5.74) is 0. The molecule has 0 aliphatic carbocycles. The predicted octanol–water partition coefficient (Wildman–Crippen LogP) is 15.3. The van der Waals surface area contributed by atoms with Gasteiger partial charge < -0.3 is 4.11 Å². The van der Waals surface area contributed by atoms with Crippen LogP contribution in [0.3, 0.4) is 0 Å². The van der Waals surface area contributed by atoms with Crippen LogP contribution in [0.4, 0.5) is 175 Å². The molecule has 0 aliphatic heterocycles. The summed E-state index contributed by atoms with van der Waals surface area (Å²) < 4.78 is 538. The molecule has 0 aromatic carbocycles. The minimum Gasteiger partial charge on any atom is -0.314 e. The monoisotopic (exact) mass is 1090 g/mol. The van der Waals surface area contributed by atoms with E-state index in [1.165, 1.54) is 0 Å². The molecule has 0 fully saturated rings. The fourth-order valence-electron chi connectivity index (χ4n) is 4.40. The Morgan fingerprint density at radius 2 is 0.308 bits per heavy atom. The van der Waals surface area contributed by atoms with Gasteiger partial charge in [0.2, 0.25) is 8.41 Å². The lowest BCUT2D eigenvalue weighted by Gasteiger charge is -2.41. The Morgan fingerprint density at radius 1 is 0.185 bits per heavy atom. The molecule has 0 amide bonds. The van der Waals surface area contributed by atoms with Crippen LogP contribution in [0.5, 0.6) is 0 Å². The van der Waals surface area contributed by atoms with Crippen molar-refractivity contribution in [2.45, 2.75) is 145 Å². The summed E-state index contributed by atoms with van der Waals surface area (Å²) in [6.07, 6.45) is -37.6. The Morgan fingerprint density at radius 3 is 0.431 bits per heavy atom. The second-order valence-electron chi connectivity index (χ2n) is 13.2. The van der Waals surface area contributed by atoms with Crippen LogP contribution in [0.25, 0.3) is 0 Å². The lowest BCUT2D eigenvalue weighted by Crippen LogP contribution is -2.70. The van der Waals surface area contributed by atoms with Crippen molar-refractivity contribution in [2.24, 2.45) is 0 Å². The smallest absolute Gasteiger partial charge is 0.314 e. The normalized spacial score (nSPS) is 17.0. The molecule has 0 spiro atoms. The summed E-state index contributed by atoms with van der Waals surface area (Å²) in [6.45, 7) is 0. The van der Waals surface area contributed by atoms with Crippen LogP contribution in [0.2, 0.25) is 18.1 Å². The highest BCUT2D eigenvalue weighted by molar-refractivity contribution is 6.73. The third kappa shape index (κ3) is 9.21. The van der Waals surface area contributed by atoms with Crippen LogP contribution in [0.15, 0.2) is 0 Å². The van der Waals surface area contributed by atoms with E-state index in [1.54, 1.807) is 0 Å². The molecular weight excluding hydrogens is 1080 g/mol. The van der Waals surface area contributed by atoms with Gasteiger partial charge in [-0.1, -0.05) is 0 Å². The van der Waals surface area contributed by atoms with E-state index < -0.39 is 153 Å². The van der Waals surface area contributed by atoms with E-state index in [2.05, 4.69) is 0 Å². The molecule has 65 heavy (non-hydrogen) atoms. The molecule has 0 saturated heterocycles. The molecule has 0 aromatic heterocycles. The molecule has 0 saturated carbocycles. The molecule has 0 radical (unpaired) electrons. The first-order chi connectivity index (χ1) is 27.4. The van der Waals surface area contributed by atoms with Gasteiger partial charge in [-0.3, -0.25) is 0 Å². The highest BCUT2D eigenvalue weighted by Crippen LogP contribution is 2.65. The van der Waals surface area contributed by atoms with Crippen molar-refractivity contribution in [2.75, 3.05) is 0 Å². The minimum absolute atomic E-state index is 3.85. The van der Waals surface area contributed by atoms with Crippen molar-refractivity contribution in [1.29, 1.82) is 0 Å². The predicted molar refractivity (Wildman–Crippen MR) is 128 cm³/mol. The van der Waals surface area contributed by atoms with E-state index in [4.69, 9.17) is 0 Å². The van der Waals surface area contributed by atoms with E-state index >= 15 is 4.11 Å². The van der Waals surface area contributed by atoms with Crippen molar-refractivity contribution >= 4 is 8.41 Å². The first-order valence-corrected chi connectivity index (χ1v) is 17.4. The summed E-state index contributed by atoms with van der Waals surface area (Å²) in [5.74, 6) is -129. The van der Waals surface area contributed by atoms with Crippen molar-refractivity contribution in [3.63, 3.8) is 0 Å². The average Bonchev–Trinajstić information content (AvgIpc) is 3.06. The first kappa shape index (κ1) is 62.4. The van der Waals surface area contributed by atoms with Crippen molar-refractivity contribution in [3.05, 3.63) is 0 Å². The highest BCUT2D eigenvalue weighted by atomic mass is 28.4. The molecule has 0 atom stereocenters. The number of hydrogen-bond acceptors (Lipinski definition) is 0. The Balaban J connectivity index is 7.70. The zero-order chi connectivity index (χ0) is 53.7. The van der Waals surface area contributed by atoms with Crippen LogP contribution >= 0.6 is 0 Å². The van der Waals surface area contributed by atoms with Gasteiger partial charge in [0.1, 0.15) is 0 Å².